The van der Waals surface area contributed by atoms with Crippen molar-refractivity contribution in [3.63, 3.8) is 0 Å². The summed E-state index contributed by atoms with van der Waals surface area (Å²) in [5.74, 6) is -0.435. The van der Waals surface area contributed by atoms with Crippen LogP contribution >= 0.6 is 0 Å². The van der Waals surface area contributed by atoms with Gasteiger partial charge in [-0.15, -0.1) is 0 Å². The minimum atomic E-state index is -0.647. The molecule has 3 rings (SSSR count). The summed E-state index contributed by atoms with van der Waals surface area (Å²) in [7, 11) is 0. The Labute approximate surface area is 213 Å². The number of amides is 2. The standard InChI is InChI=1S/C30H37N3O3/c1-30(2,31)19-28(35)33-27(14-8-11-22-9-4-3-5-10-22)29(36)32-20-23-15-17-24(18-16-23)26-13-7-6-12-25(26)21-34/h3-7,9-10,12-13,15-18,27,34H,8,11,14,19-21,31H2,1-2H3,(H,32,36)(H,33,35)/t27-/m1/s1. The van der Waals surface area contributed by atoms with E-state index in [0.29, 0.717) is 13.0 Å². The monoisotopic (exact) mass is 487 g/mol. The van der Waals surface area contributed by atoms with Crippen LogP contribution in [0.1, 0.15) is 49.8 Å². The molecule has 6 heteroatoms. The van der Waals surface area contributed by atoms with Gasteiger partial charge in [0.1, 0.15) is 6.04 Å². The Morgan fingerprint density at radius 3 is 2.25 bits per heavy atom. The molecule has 0 aliphatic heterocycles. The topological polar surface area (TPSA) is 104 Å². The van der Waals surface area contributed by atoms with E-state index in [0.717, 1.165) is 35.1 Å². The maximum absolute atomic E-state index is 13.0. The molecule has 3 aromatic carbocycles. The molecule has 0 aromatic heterocycles. The first kappa shape index (κ1) is 27.1. The number of carbonyl (C=O) groups is 2. The molecule has 0 bridgehead atoms. The second-order valence-electron chi connectivity index (χ2n) is 9.89. The minimum absolute atomic E-state index is 0.0211. The predicted molar refractivity (Wildman–Crippen MR) is 144 cm³/mol. The lowest BCUT2D eigenvalue weighted by Crippen LogP contribution is -2.49. The first-order chi connectivity index (χ1) is 17.2. The first-order valence-corrected chi connectivity index (χ1v) is 12.4. The molecule has 0 heterocycles. The highest BCUT2D eigenvalue weighted by atomic mass is 16.3. The molecule has 36 heavy (non-hydrogen) atoms. The second-order valence-corrected chi connectivity index (χ2v) is 9.89. The van der Waals surface area contributed by atoms with Crippen molar-refractivity contribution < 1.29 is 14.7 Å². The van der Waals surface area contributed by atoms with E-state index in [9.17, 15) is 14.7 Å². The molecule has 5 N–H and O–H groups in total. The van der Waals surface area contributed by atoms with Crippen LogP contribution < -0.4 is 16.4 Å². The smallest absolute Gasteiger partial charge is 0.242 e. The third kappa shape index (κ3) is 8.63. The zero-order valence-corrected chi connectivity index (χ0v) is 21.2. The van der Waals surface area contributed by atoms with Gasteiger partial charge in [-0.3, -0.25) is 9.59 Å². The maximum Gasteiger partial charge on any atom is 0.242 e. The lowest BCUT2D eigenvalue weighted by molar-refractivity contribution is -0.129. The van der Waals surface area contributed by atoms with Crippen LogP contribution in [0.25, 0.3) is 11.1 Å². The van der Waals surface area contributed by atoms with E-state index >= 15 is 0 Å². The highest BCUT2D eigenvalue weighted by Gasteiger charge is 2.23. The number of nitrogens with two attached hydrogens (primary N) is 1. The maximum atomic E-state index is 13.0. The highest BCUT2D eigenvalue weighted by Crippen LogP contribution is 2.24. The van der Waals surface area contributed by atoms with E-state index in [1.165, 1.54) is 5.56 Å². The van der Waals surface area contributed by atoms with Crippen molar-refractivity contribution in [3.8, 4) is 11.1 Å². The van der Waals surface area contributed by atoms with E-state index in [1.807, 2.05) is 66.7 Å². The molecule has 0 aliphatic carbocycles. The van der Waals surface area contributed by atoms with Crippen LogP contribution in [0.4, 0.5) is 0 Å². The molecule has 0 fully saturated rings. The molecule has 0 unspecified atom stereocenters. The van der Waals surface area contributed by atoms with Gasteiger partial charge >= 0.3 is 0 Å². The predicted octanol–water partition coefficient (Wildman–Crippen LogP) is 4.10. The summed E-state index contributed by atoms with van der Waals surface area (Å²) in [5, 5.41) is 15.5. The van der Waals surface area contributed by atoms with Crippen LogP contribution in [0.15, 0.2) is 78.9 Å². The largest absolute Gasteiger partial charge is 0.392 e. The molecule has 0 saturated heterocycles. The van der Waals surface area contributed by atoms with Gasteiger partial charge in [0, 0.05) is 18.5 Å². The average molecular weight is 488 g/mol. The number of rotatable bonds is 12. The van der Waals surface area contributed by atoms with Crippen LogP contribution in [0, 0.1) is 0 Å². The molecule has 3 aromatic rings. The molecule has 190 valence electrons. The zero-order chi connectivity index (χ0) is 26.0. The van der Waals surface area contributed by atoms with Crippen LogP contribution in [0.2, 0.25) is 0 Å². The summed E-state index contributed by atoms with van der Waals surface area (Å²) in [6, 6.07) is 25.1. The molecule has 2 amide bonds. The van der Waals surface area contributed by atoms with E-state index in [2.05, 4.69) is 22.8 Å². The Hall–Kier alpha value is -3.48. The number of aliphatic hydroxyl groups is 1. The Morgan fingerprint density at radius 1 is 0.917 bits per heavy atom. The number of hydrogen-bond donors (Lipinski definition) is 4. The van der Waals surface area contributed by atoms with Gasteiger partial charge in [0.15, 0.2) is 0 Å². The quantitative estimate of drug-likeness (QED) is 0.309. The molecule has 0 spiro atoms. The molecule has 0 saturated carbocycles. The normalized spacial score (nSPS) is 12.1. The van der Waals surface area contributed by atoms with E-state index < -0.39 is 11.6 Å². The van der Waals surface area contributed by atoms with Gasteiger partial charge in [-0.2, -0.15) is 0 Å². The summed E-state index contributed by atoms with van der Waals surface area (Å²) < 4.78 is 0. The average Bonchev–Trinajstić information content (AvgIpc) is 2.86. The van der Waals surface area contributed by atoms with E-state index in [1.54, 1.807) is 13.8 Å². The number of aryl methyl sites for hydroxylation is 1. The van der Waals surface area contributed by atoms with Crippen LogP contribution in [-0.4, -0.2) is 28.5 Å². The van der Waals surface area contributed by atoms with Gasteiger partial charge in [0.05, 0.1) is 6.61 Å². The summed E-state index contributed by atoms with van der Waals surface area (Å²) in [5.41, 5.74) is 10.4. The number of carbonyl (C=O) groups excluding carboxylic acids is 2. The van der Waals surface area contributed by atoms with Crippen molar-refractivity contribution in [2.75, 3.05) is 0 Å². The minimum Gasteiger partial charge on any atom is -0.392 e. The lowest BCUT2D eigenvalue weighted by Gasteiger charge is -2.22. The number of nitrogens with one attached hydrogen (secondary N) is 2. The molecule has 1 atom stereocenters. The fourth-order valence-corrected chi connectivity index (χ4v) is 4.14. The van der Waals surface area contributed by atoms with Crippen molar-refractivity contribution in [1.82, 2.24) is 10.6 Å². The summed E-state index contributed by atoms with van der Waals surface area (Å²) in [6.07, 6.45) is 2.29. The fraction of sp³-hybridized carbons (Fsp3) is 0.333. The molecule has 0 radical (unpaired) electrons. The van der Waals surface area contributed by atoms with Crippen LogP contribution in [0.3, 0.4) is 0 Å². The molecule has 6 nitrogen and oxygen atoms in total. The van der Waals surface area contributed by atoms with Crippen molar-refractivity contribution in [2.24, 2.45) is 5.73 Å². The van der Waals surface area contributed by atoms with Gasteiger partial charge in [0.25, 0.3) is 0 Å². The SMILES string of the molecule is CC(C)(N)CC(=O)N[C@H](CCCc1ccccc1)C(=O)NCc1ccc(-c2ccccc2CO)cc1. The summed E-state index contributed by atoms with van der Waals surface area (Å²) in [4.78, 5) is 25.6. The Morgan fingerprint density at radius 2 is 1.58 bits per heavy atom. The van der Waals surface area contributed by atoms with Crippen molar-refractivity contribution in [1.29, 1.82) is 0 Å². The molecule has 0 aliphatic rings. The third-order valence-corrected chi connectivity index (χ3v) is 5.99. The number of hydrogen-bond acceptors (Lipinski definition) is 4. The van der Waals surface area contributed by atoms with Crippen molar-refractivity contribution in [2.45, 2.75) is 64.3 Å². The van der Waals surface area contributed by atoms with Gasteiger partial charge in [0.2, 0.25) is 11.8 Å². The van der Waals surface area contributed by atoms with E-state index in [-0.39, 0.29) is 24.8 Å². The second kappa shape index (κ2) is 13.0. The Kier molecular flexibility index (Phi) is 9.79. The first-order valence-electron chi connectivity index (χ1n) is 12.4. The van der Waals surface area contributed by atoms with Gasteiger partial charge < -0.3 is 21.5 Å². The van der Waals surface area contributed by atoms with Crippen molar-refractivity contribution in [3.05, 3.63) is 95.6 Å². The zero-order valence-electron chi connectivity index (χ0n) is 21.2. The number of aliphatic hydroxyl groups excluding tert-OH is 1. The van der Waals surface area contributed by atoms with Crippen LogP contribution in [-0.2, 0) is 29.2 Å². The van der Waals surface area contributed by atoms with E-state index in [4.69, 9.17) is 5.73 Å². The summed E-state index contributed by atoms with van der Waals surface area (Å²) >= 11 is 0. The fourth-order valence-electron chi connectivity index (χ4n) is 4.14. The van der Waals surface area contributed by atoms with Crippen molar-refractivity contribution >= 4 is 11.8 Å². The molecular formula is C30H37N3O3. The van der Waals surface area contributed by atoms with Crippen LogP contribution in [0.5, 0.6) is 0 Å². The summed E-state index contributed by atoms with van der Waals surface area (Å²) in [6.45, 7) is 3.92. The Balaban J connectivity index is 1.61. The lowest BCUT2D eigenvalue weighted by atomic mass is 9.99. The van der Waals surface area contributed by atoms with Gasteiger partial charge in [-0.25, -0.2) is 0 Å². The van der Waals surface area contributed by atoms with Gasteiger partial charge in [-0.05, 0) is 60.9 Å². The highest BCUT2D eigenvalue weighted by molar-refractivity contribution is 5.88. The molecular weight excluding hydrogens is 450 g/mol. The third-order valence-electron chi connectivity index (χ3n) is 5.99. The number of benzene rings is 3. The van der Waals surface area contributed by atoms with Gasteiger partial charge in [-0.1, -0.05) is 78.9 Å². The Bertz CT molecular complexity index is 1120.